The summed E-state index contributed by atoms with van der Waals surface area (Å²) in [5, 5.41) is 2.96. The lowest BCUT2D eigenvalue weighted by Crippen LogP contribution is -2.33. The molecule has 1 unspecified atom stereocenters. The summed E-state index contributed by atoms with van der Waals surface area (Å²) in [6, 6.07) is 11.0. The second-order valence-corrected chi connectivity index (χ2v) is 6.16. The van der Waals surface area contributed by atoms with Crippen molar-refractivity contribution >= 4 is 5.91 Å². The molecule has 1 N–H and O–H groups in total. The molecule has 0 bridgehead atoms. The minimum absolute atomic E-state index is 0.0558. The number of carbonyl (C=O) groups excluding carboxylic acids is 1. The van der Waals surface area contributed by atoms with E-state index in [1.165, 1.54) is 6.07 Å². The second kappa shape index (κ2) is 6.99. The van der Waals surface area contributed by atoms with Crippen LogP contribution in [0.25, 0.3) is 0 Å². The van der Waals surface area contributed by atoms with Crippen molar-refractivity contribution in [3.8, 4) is 5.75 Å². The number of halogens is 2. The van der Waals surface area contributed by atoms with Crippen LogP contribution in [0.5, 0.6) is 5.75 Å². The summed E-state index contributed by atoms with van der Waals surface area (Å²) in [4.78, 5) is 12.1. The Bertz CT molecular complexity index is 727. The minimum Gasteiger partial charge on any atom is -0.481 e. The Morgan fingerprint density at radius 2 is 1.92 bits per heavy atom. The molecule has 1 aliphatic carbocycles. The van der Waals surface area contributed by atoms with Crippen LogP contribution in [0.1, 0.15) is 30.0 Å². The van der Waals surface area contributed by atoms with E-state index in [4.69, 9.17) is 4.74 Å². The fourth-order valence-electron chi connectivity index (χ4n) is 2.63. The highest BCUT2D eigenvalue weighted by Gasteiger charge is 2.33. The summed E-state index contributed by atoms with van der Waals surface area (Å²) >= 11 is 0. The van der Waals surface area contributed by atoms with Gasteiger partial charge in [-0.15, -0.1) is 0 Å². The molecule has 3 rings (SSSR count). The molecule has 1 saturated carbocycles. The fraction of sp³-hybridized carbons (Fsp3) is 0.316. The number of amides is 1. The fourth-order valence-corrected chi connectivity index (χ4v) is 2.63. The van der Waals surface area contributed by atoms with Gasteiger partial charge in [-0.05, 0) is 43.4 Å². The molecule has 1 amide bonds. The van der Waals surface area contributed by atoms with Crippen LogP contribution in [0.4, 0.5) is 8.78 Å². The van der Waals surface area contributed by atoms with Crippen LogP contribution in [0.15, 0.2) is 42.5 Å². The van der Waals surface area contributed by atoms with E-state index in [0.29, 0.717) is 5.92 Å². The Morgan fingerprint density at radius 3 is 2.54 bits per heavy atom. The number of hydrogen-bond acceptors (Lipinski definition) is 2. The van der Waals surface area contributed by atoms with Gasteiger partial charge in [0.15, 0.2) is 18.2 Å². The second-order valence-electron chi connectivity index (χ2n) is 6.16. The maximum Gasteiger partial charge on any atom is 0.258 e. The smallest absolute Gasteiger partial charge is 0.258 e. The quantitative estimate of drug-likeness (QED) is 0.871. The van der Waals surface area contributed by atoms with Crippen molar-refractivity contribution in [2.45, 2.75) is 25.8 Å². The van der Waals surface area contributed by atoms with E-state index >= 15 is 0 Å². The van der Waals surface area contributed by atoms with Crippen LogP contribution in [0.2, 0.25) is 0 Å². The Morgan fingerprint density at radius 1 is 1.21 bits per heavy atom. The molecular weight excluding hydrogens is 312 g/mol. The third-order valence-electron chi connectivity index (χ3n) is 4.10. The van der Waals surface area contributed by atoms with Gasteiger partial charge < -0.3 is 10.1 Å². The van der Waals surface area contributed by atoms with Crippen molar-refractivity contribution in [1.29, 1.82) is 0 Å². The molecule has 126 valence electrons. The Labute approximate surface area is 139 Å². The third kappa shape index (κ3) is 4.10. The number of hydrogen-bond donors (Lipinski definition) is 1. The zero-order chi connectivity index (χ0) is 17.1. The first-order valence-electron chi connectivity index (χ1n) is 7.97. The van der Waals surface area contributed by atoms with Gasteiger partial charge in [0.2, 0.25) is 0 Å². The number of aryl methyl sites for hydroxylation is 1. The van der Waals surface area contributed by atoms with Crippen molar-refractivity contribution in [1.82, 2.24) is 5.32 Å². The van der Waals surface area contributed by atoms with Gasteiger partial charge >= 0.3 is 0 Å². The molecule has 0 heterocycles. The molecule has 0 radical (unpaired) electrons. The molecule has 0 spiro atoms. The molecule has 3 nitrogen and oxygen atoms in total. The van der Waals surface area contributed by atoms with Crippen LogP contribution in [0.3, 0.4) is 0 Å². The highest BCUT2D eigenvalue weighted by Crippen LogP contribution is 2.41. The van der Waals surface area contributed by atoms with Gasteiger partial charge in [-0.3, -0.25) is 4.79 Å². The van der Waals surface area contributed by atoms with Gasteiger partial charge in [0.1, 0.15) is 5.82 Å². The van der Waals surface area contributed by atoms with Gasteiger partial charge in [-0.2, -0.15) is 0 Å². The minimum atomic E-state index is -0.819. The van der Waals surface area contributed by atoms with Crippen molar-refractivity contribution in [3.63, 3.8) is 0 Å². The van der Waals surface area contributed by atoms with Crippen molar-refractivity contribution < 1.29 is 18.3 Å². The number of rotatable bonds is 6. The lowest BCUT2D eigenvalue weighted by molar-refractivity contribution is -0.124. The Kier molecular flexibility index (Phi) is 4.79. The number of benzene rings is 2. The normalized spacial score (nSPS) is 15.0. The molecule has 2 aromatic rings. The molecule has 24 heavy (non-hydrogen) atoms. The van der Waals surface area contributed by atoms with Gasteiger partial charge in [-0.1, -0.05) is 29.8 Å². The van der Waals surface area contributed by atoms with Gasteiger partial charge in [0.05, 0.1) is 6.04 Å². The molecule has 0 saturated heterocycles. The van der Waals surface area contributed by atoms with Gasteiger partial charge in [0, 0.05) is 6.07 Å². The van der Waals surface area contributed by atoms with Gasteiger partial charge in [0.25, 0.3) is 5.91 Å². The van der Waals surface area contributed by atoms with Crippen molar-refractivity contribution in [2.24, 2.45) is 5.92 Å². The number of carbonyl (C=O) groups is 1. The van der Waals surface area contributed by atoms with Crippen LogP contribution in [-0.2, 0) is 4.79 Å². The van der Waals surface area contributed by atoms with Gasteiger partial charge in [-0.25, -0.2) is 8.78 Å². The van der Waals surface area contributed by atoms with E-state index in [0.717, 1.165) is 36.1 Å². The summed E-state index contributed by atoms with van der Waals surface area (Å²) < 4.78 is 31.5. The lowest BCUT2D eigenvalue weighted by Gasteiger charge is -2.19. The van der Waals surface area contributed by atoms with Crippen LogP contribution < -0.4 is 10.1 Å². The van der Waals surface area contributed by atoms with Crippen LogP contribution >= 0.6 is 0 Å². The SMILES string of the molecule is Cc1ccc(C(NC(=O)COc2ccc(F)cc2F)C2CC2)cc1. The molecule has 2 aromatic carbocycles. The lowest BCUT2D eigenvalue weighted by atomic mass is 10.0. The summed E-state index contributed by atoms with van der Waals surface area (Å²) in [5.74, 6) is -1.53. The topological polar surface area (TPSA) is 38.3 Å². The zero-order valence-electron chi connectivity index (χ0n) is 13.4. The standard InChI is InChI=1S/C19H19F2NO2/c1-12-2-4-13(5-3-12)19(14-6-7-14)22-18(23)11-24-17-9-8-15(20)10-16(17)21/h2-5,8-10,14,19H,6-7,11H2,1H3,(H,22,23). The van der Waals surface area contributed by atoms with Crippen LogP contribution in [0, 0.1) is 24.5 Å². The number of ether oxygens (including phenoxy) is 1. The van der Waals surface area contributed by atoms with Crippen molar-refractivity contribution in [2.75, 3.05) is 6.61 Å². The summed E-state index contributed by atoms with van der Waals surface area (Å²) in [7, 11) is 0. The average Bonchev–Trinajstić information content (AvgIpc) is 3.37. The van der Waals surface area contributed by atoms with E-state index in [2.05, 4.69) is 5.32 Å². The van der Waals surface area contributed by atoms with Crippen LogP contribution in [-0.4, -0.2) is 12.5 Å². The zero-order valence-corrected chi connectivity index (χ0v) is 13.4. The third-order valence-corrected chi connectivity index (χ3v) is 4.10. The molecule has 1 aliphatic rings. The molecule has 0 aromatic heterocycles. The maximum absolute atomic E-state index is 13.5. The molecule has 0 aliphatic heterocycles. The van der Waals surface area contributed by atoms with E-state index in [9.17, 15) is 13.6 Å². The summed E-state index contributed by atoms with van der Waals surface area (Å²) in [5.41, 5.74) is 2.22. The largest absolute Gasteiger partial charge is 0.481 e. The highest BCUT2D eigenvalue weighted by molar-refractivity contribution is 5.78. The maximum atomic E-state index is 13.5. The van der Waals surface area contributed by atoms with E-state index in [1.54, 1.807) is 0 Å². The van der Waals surface area contributed by atoms with E-state index < -0.39 is 11.6 Å². The monoisotopic (exact) mass is 331 g/mol. The molecule has 5 heteroatoms. The molecule has 1 fully saturated rings. The highest BCUT2D eigenvalue weighted by atomic mass is 19.1. The van der Waals surface area contributed by atoms with E-state index in [1.807, 2.05) is 31.2 Å². The molecule has 1 atom stereocenters. The summed E-state index contributed by atoms with van der Waals surface area (Å²) in [6.07, 6.45) is 2.15. The van der Waals surface area contributed by atoms with Crippen molar-refractivity contribution in [3.05, 3.63) is 65.2 Å². The average molecular weight is 331 g/mol. The first kappa shape index (κ1) is 16.4. The molecular formula is C19H19F2NO2. The predicted octanol–water partition coefficient (Wildman–Crippen LogP) is 3.92. The Hall–Kier alpha value is -2.43. The Balaban J connectivity index is 1.61. The number of nitrogens with one attached hydrogen (secondary N) is 1. The summed E-state index contributed by atoms with van der Waals surface area (Å²) in [6.45, 7) is 1.71. The first-order chi connectivity index (χ1) is 11.5. The first-order valence-corrected chi connectivity index (χ1v) is 7.97. The predicted molar refractivity (Wildman–Crippen MR) is 86.6 cm³/mol. The van der Waals surface area contributed by atoms with E-state index in [-0.39, 0.29) is 24.3 Å².